The summed E-state index contributed by atoms with van der Waals surface area (Å²) in [4.78, 5) is 22.7. The van der Waals surface area contributed by atoms with Crippen molar-refractivity contribution in [2.45, 2.75) is 66.5 Å². The van der Waals surface area contributed by atoms with Crippen LogP contribution >= 0.6 is 23.5 Å². The first-order chi connectivity index (χ1) is 16.1. The molecule has 2 N–H and O–H groups in total. The van der Waals surface area contributed by atoms with Crippen LogP contribution in [-0.4, -0.2) is 25.8 Å². The van der Waals surface area contributed by atoms with Crippen LogP contribution < -0.4 is 0 Å². The maximum atomic E-state index is 12.5. The number of nitrogens with zero attached hydrogens (tertiary/aromatic N) is 1. The summed E-state index contributed by atoms with van der Waals surface area (Å²) in [6.45, 7) is 10.6. The summed E-state index contributed by atoms with van der Waals surface area (Å²) in [6, 6.07) is 18.1. The Kier molecular flexibility index (Phi) is 7.10. The van der Waals surface area contributed by atoms with Crippen LogP contribution in [0.25, 0.3) is 10.9 Å². The van der Waals surface area contributed by atoms with Gasteiger partial charge in [-0.1, -0.05) is 68.9 Å². The third kappa shape index (κ3) is 5.50. The summed E-state index contributed by atoms with van der Waals surface area (Å²) >= 11 is 3.37. The third-order valence-corrected chi connectivity index (χ3v) is 7.95. The van der Waals surface area contributed by atoms with Gasteiger partial charge in [0.15, 0.2) is 0 Å². The summed E-state index contributed by atoms with van der Waals surface area (Å²) in [5, 5.41) is 12.3. The molecular formula is C28H30N2O2S2. The number of nitrogens with one attached hydrogen (secondary N) is 1. The lowest BCUT2D eigenvalue weighted by Crippen LogP contribution is -2.17. The Labute approximate surface area is 209 Å². The Bertz CT molecular complexity index is 1310. The fourth-order valence-electron chi connectivity index (χ4n) is 3.98. The van der Waals surface area contributed by atoms with Gasteiger partial charge in [0, 0.05) is 37.3 Å². The number of pyridine rings is 1. The molecule has 0 bridgehead atoms. The normalized spacial score (nSPS) is 12.7. The number of hydrogen-bond donors (Lipinski definition) is 2. The number of aromatic nitrogens is 2. The Morgan fingerprint density at radius 3 is 2.41 bits per heavy atom. The van der Waals surface area contributed by atoms with Crippen LogP contribution in [0.4, 0.5) is 0 Å². The number of carboxylic acids is 1. The van der Waals surface area contributed by atoms with Crippen molar-refractivity contribution in [3.05, 3.63) is 83.2 Å². The fourth-order valence-corrected chi connectivity index (χ4v) is 6.12. The van der Waals surface area contributed by atoms with Crippen LogP contribution in [-0.2, 0) is 11.2 Å². The first-order valence-corrected chi connectivity index (χ1v) is 13.0. The minimum Gasteiger partial charge on any atom is -0.481 e. The number of fused-ring (bicyclic) bond motifs is 1. The number of carbonyl (C=O) groups is 1. The van der Waals surface area contributed by atoms with Gasteiger partial charge in [0.25, 0.3) is 0 Å². The summed E-state index contributed by atoms with van der Waals surface area (Å²) in [5.41, 5.74) is 5.04. The number of rotatable bonds is 7. The van der Waals surface area contributed by atoms with E-state index < -0.39 is 11.9 Å². The smallest absolute Gasteiger partial charge is 0.312 e. The van der Waals surface area contributed by atoms with E-state index in [0.717, 1.165) is 48.1 Å². The number of H-pyrrole nitrogens is 1. The Morgan fingerprint density at radius 2 is 1.79 bits per heavy atom. The summed E-state index contributed by atoms with van der Waals surface area (Å²) in [5.74, 6) is -1.48. The lowest BCUT2D eigenvalue weighted by atomic mass is 9.96. The van der Waals surface area contributed by atoms with E-state index in [2.05, 4.69) is 55.9 Å². The Morgan fingerprint density at radius 1 is 1.06 bits per heavy atom. The molecule has 4 rings (SSSR count). The molecule has 0 aliphatic rings. The van der Waals surface area contributed by atoms with Crippen molar-refractivity contribution < 1.29 is 9.90 Å². The number of thioether (sulfide) groups is 1. The molecule has 1 atom stereocenters. The molecule has 0 radical (unpaired) electrons. The predicted octanol–water partition coefficient (Wildman–Crippen LogP) is 7.63. The molecule has 0 fully saturated rings. The molecule has 0 amide bonds. The van der Waals surface area contributed by atoms with Gasteiger partial charge in [-0.15, -0.1) is 11.8 Å². The number of hydrogen-bond acceptors (Lipinski definition) is 4. The highest BCUT2D eigenvalue weighted by molar-refractivity contribution is 8.01. The average Bonchev–Trinajstić information content (AvgIpc) is 3.13. The van der Waals surface area contributed by atoms with Gasteiger partial charge in [-0.3, -0.25) is 4.79 Å². The summed E-state index contributed by atoms with van der Waals surface area (Å²) in [6.07, 6.45) is 2.32. The lowest BCUT2D eigenvalue weighted by Gasteiger charge is -2.21. The first kappa shape index (κ1) is 24.4. The number of benzene rings is 2. The number of aromatic amines is 1. The average molecular weight is 491 g/mol. The second kappa shape index (κ2) is 9.88. The molecule has 34 heavy (non-hydrogen) atoms. The van der Waals surface area contributed by atoms with Gasteiger partial charge in [-0.05, 0) is 55.2 Å². The van der Waals surface area contributed by atoms with E-state index in [0.29, 0.717) is 6.42 Å². The van der Waals surface area contributed by atoms with Crippen LogP contribution in [0, 0.1) is 13.8 Å². The predicted molar refractivity (Wildman–Crippen MR) is 142 cm³/mol. The maximum Gasteiger partial charge on any atom is 0.312 e. The zero-order chi connectivity index (χ0) is 24.5. The largest absolute Gasteiger partial charge is 0.481 e. The van der Waals surface area contributed by atoms with E-state index in [4.69, 9.17) is 0 Å². The molecule has 4 aromatic rings. The summed E-state index contributed by atoms with van der Waals surface area (Å²) in [7, 11) is 0. The van der Waals surface area contributed by atoms with E-state index in [9.17, 15) is 9.90 Å². The van der Waals surface area contributed by atoms with E-state index >= 15 is 0 Å². The molecule has 0 saturated carbocycles. The van der Waals surface area contributed by atoms with E-state index in [1.54, 1.807) is 23.5 Å². The molecule has 2 heterocycles. The monoisotopic (exact) mass is 490 g/mol. The highest BCUT2D eigenvalue weighted by Crippen LogP contribution is 2.45. The quantitative estimate of drug-likeness (QED) is 0.261. The molecule has 0 spiro atoms. The molecule has 0 aliphatic carbocycles. The SMILES string of the molecule is Cc1ccc(Sc2ccc3[nH]c(C(Cc4ccccc4)C(=O)O)c(SC(C)(C)C)c3c2C)nc1. The van der Waals surface area contributed by atoms with Gasteiger partial charge in [-0.2, -0.15) is 0 Å². The molecule has 1 unspecified atom stereocenters. The van der Waals surface area contributed by atoms with Crippen molar-refractivity contribution in [1.29, 1.82) is 0 Å². The van der Waals surface area contributed by atoms with Crippen LogP contribution in [0.2, 0.25) is 0 Å². The Balaban J connectivity index is 1.84. The Hall–Kier alpha value is -2.70. The van der Waals surface area contributed by atoms with Gasteiger partial charge in [0.1, 0.15) is 10.9 Å². The molecule has 2 aromatic carbocycles. The van der Waals surface area contributed by atoms with Crippen molar-refractivity contribution in [3.63, 3.8) is 0 Å². The second-order valence-electron chi connectivity index (χ2n) is 9.55. The van der Waals surface area contributed by atoms with Gasteiger partial charge in [-0.25, -0.2) is 4.98 Å². The van der Waals surface area contributed by atoms with Crippen molar-refractivity contribution in [2.24, 2.45) is 0 Å². The molecular weight excluding hydrogens is 460 g/mol. The van der Waals surface area contributed by atoms with Gasteiger partial charge < -0.3 is 10.1 Å². The zero-order valence-electron chi connectivity index (χ0n) is 20.2. The molecule has 0 aliphatic heterocycles. The molecule has 176 valence electrons. The van der Waals surface area contributed by atoms with Crippen molar-refractivity contribution in [2.75, 3.05) is 0 Å². The molecule has 0 saturated heterocycles. The standard InChI is InChI=1S/C28H30N2O2S2/c1-17-11-14-23(29-16-17)33-22-13-12-21-24(18(22)2)26(34-28(3,4)5)25(30-21)20(27(31)32)15-19-9-7-6-8-10-19/h6-14,16,20,30H,15H2,1-5H3,(H,31,32). The van der Waals surface area contributed by atoms with E-state index in [1.807, 2.05) is 49.5 Å². The number of aliphatic carboxylic acids is 1. The molecule has 4 nitrogen and oxygen atoms in total. The highest BCUT2D eigenvalue weighted by Gasteiger charge is 2.30. The van der Waals surface area contributed by atoms with Crippen LogP contribution in [0.15, 0.2) is 75.6 Å². The van der Waals surface area contributed by atoms with Crippen molar-refractivity contribution in [1.82, 2.24) is 9.97 Å². The van der Waals surface area contributed by atoms with E-state index in [1.165, 1.54) is 0 Å². The van der Waals surface area contributed by atoms with Crippen LogP contribution in [0.3, 0.4) is 0 Å². The van der Waals surface area contributed by atoms with Gasteiger partial charge in [0.05, 0.1) is 0 Å². The molecule has 2 aromatic heterocycles. The second-order valence-corrected chi connectivity index (χ2v) is 12.4. The van der Waals surface area contributed by atoms with E-state index in [-0.39, 0.29) is 4.75 Å². The van der Waals surface area contributed by atoms with Crippen molar-refractivity contribution >= 4 is 40.4 Å². The van der Waals surface area contributed by atoms with Crippen molar-refractivity contribution in [3.8, 4) is 0 Å². The first-order valence-electron chi connectivity index (χ1n) is 11.3. The molecule has 6 heteroatoms. The van der Waals surface area contributed by atoms with Gasteiger partial charge >= 0.3 is 5.97 Å². The van der Waals surface area contributed by atoms with Gasteiger partial charge in [0.2, 0.25) is 0 Å². The van der Waals surface area contributed by atoms with Crippen LogP contribution in [0.5, 0.6) is 0 Å². The number of aryl methyl sites for hydroxylation is 2. The third-order valence-electron chi connectivity index (χ3n) is 5.59. The summed E-state index contributed by atoms with van der Waals surface area (Å²) < 4.78 is -0.0756. The van der Waals surface area contributed by atoms with Crippen LogP contribution in [0.1, 0.15) is 49.1 Å². The highest BCUT2D eigenvalue weighted by atomic mass is 32.2. The minimum absolute atomic E-state index is 0.0756. The zero-order valence-corrected chi connectivity index (χ0v) is 21.8. The minimum atomic E-state index is -0.817. The fraction of sp³-hybridized carbons (Fsp3) is 0.286. The number of carboxylic acid groups (broad SMARTS) is 1. The topological polar surface area (TPSA) is 66.0 Å². The maximum absolute atomic E-state index is 12.5. The lowest BCUT2D eigenvalue weighted by molar-refractivity contribution is -0.138.